The second-order valence-electron chi connectivity index (χ2n) is 6.45. The van der Waals surface area contributed by atoms with Crippen LogP contribution in [0, 0.1) is 6.92 Å². The highest BCUT2D eigenvalue weighted by Gasteiger charge is 2.26. The zero-order chi connectivity index (χ0) is 15.4. The molecule has 1 aromatic rings. The number of aryl methyl sites for hydroxylation is 1. The van der Waals surface area contributed by atoms with Gasteiger partial charge in [0.2, 0.25) is 5.91 Å². The fourth-order valence-electron chi connectivity index (χ4n) is 3.47. The van der Waals surface area contributed by atoms with E-state index in [0.717, 1.165) is 57.8 Å². The van der Waals surface area contributed by atoms with Gasteiger partial charge in [0.25, 0.3) is 0 Å². The van der Waals surface area contributed by atoms with Crippen LogP contribution < -0.4 is 0 Å². The number of carbonyl (C=O) groups is 1. The number of benzene rings is 1. The average molecular weight is 302 g/mol. The van der Waals surface area contributed by atoms with Crippen LogP contribution in [0.15, 0.2) is 24.3 Å². The predicted octanol–water partition coefficient (Wildman–Crippen LogP) is 1.86. The Morgan fingerprint density at radius 1 is 1.27 bits per heavy atom. The van der Waals surface area contributed by atoms with Crippen molar-refractivity contribution in [2.24, 2.45) is 0 Å². The first-order chi connectivity index (χ1) is 10.7. The molecule has 0 N–H and O–H groups in total. The molecule has 2 aliphatic heterocycles. The standard InChI is InChI=1S/C18H26N2O2/c1-15-4-2-5-16(12-15)13-18(21)20-8-3-7-19(9-10-20)17-6-11-22-14-17/h2,4-5,12,17H,3,6-11,13-14H2,1H3. The quantitative estimate of drug-likeness (QED) is 0.854. The summed E-state index contributed by atoms with van der Waals surface area (Å²) in [5, 5.41) is 0. The molecule has 2 fully saturated rings. The highest BCUT2D eigenvalue weighted by atomic mass is 16.5. The van der Waals surface area contributed by atoms with Gasteiger partial charge in [0, 0.05) is 38.8 Å². The van der Waals surface area contributed by atoms with Gasteiger partial charge in [-0.2, -0.15) is 0 Å². The molecule has 2 aliphatic rings. The van der Waals surface area contributed by atoms with E-state index in [1.54, 1.807) is 0 Å². The first kappa shape index (κ1) is 15.5. The third-order valence-electron chi connectivity index (χ3n) is 4.74. The van der Waals surface area contributed by atoms with E-state index in [2.05, 4.69) is 24.0 Å². The lowest BCUT2D eigenvalue weighted by molar-refractivity contribution is -0.130. The van der Waals surface area contributed by atoms with Crippen molar-refractivity contribution in [3.63, 3.8) is 0 Å². The van der Waals surface area contributed by atoms with Crippen LogP contribution in [0.3, 0.4) is 0 Å². The zero-order valence-corrected chi connectivity index (χ0v) is 13.5. The lowest BCUT2D eigenvalue weighted by atomic mass is 10.1. The molecule has 0 bridgehead atoms. The lowest BCUT2D eigenvalue weighted by Gasteiger charge is -2.26. The largest absolute Gasteiger partial charge is 0.380 e. The van der Waals surface area contributed by atoms with Gasteiger partial charge < -0.3 is 9.64 Å². The first-order valence-corrected chi connectivity index (χ1v) is 8.37. The molecule has 1 unspecified atom stereocenters. The number of carbonyl (C=O) groups excluding carboxylic acids is 1. The van der Waals surface area contributed by atoms with Crippen molar-refractivity contribution in [2.45, 2.75) is 32.2 Å². The number of amides is 1. The molecular weight excluding hydrogens is 276 g/mol. The normalized spacial score (nSPS) is 23.5. The minimum Gasteiger partial charge on any atom is -0.380 e. The van der Waals surface area contributed by atoms with Crippen LogP contribution in [0.4, 0.5) is 0 Å². The van der Waals surface area contributed by atoms with Crippen molar-refractivity contribution in [2.75, 3.05) is 39.4 Å². The van der Waals surface area contributed by atoms with Crippen molar-refractivity contribution in [1.82, 2.24) is 9.80 Å². The Kier molecular flexibility index (Phi) is 5.11. The van der Waals surface area contributed by atoms with Gasteiger partial charge >= 0.3 is 0 Å². The molecular formula is C18H26N2O2. The third-order valence-corrected chi connectivity index (χ3v) is 4.74. The Hall–Kier alpha value is -1.39. The van der Waals surface area contributed by atoms with E-state index < -0.39 is 0 Å². The predicted molar refractivity (Wildman–Crippen MR) is 86.9 cm³/mol. The molecule has 0 radical (unpaired) electrons. The molecule has 0 spiro atoms. The SMILES string of the molecule is Cc1cccc(CC(=O)N2CCCN(C3CCOC3)CC2)c1. The number of rotatable bonds is 3. The molecule has 4 heteroatoms. The summed E-state index contributed by atoms with van der Waals surface area (Å²) in [6, 6.07) is 8.82. The van der Waals surface area contributed by atoms with Gasteiger partial charge in [0.15, 0.2) is 0 Å². The Labute approximate surface area is 133 Å². The molecule has 2 heterocycles. The van der Waals surface area contributed by atoms with Crippen LogP contribution in [0.2, 0.25) is 0 Å². The van der Waals surface area contributed by atoms with Crippen molar-refractivity contribution < 1.29 is 9.53 Å². The molecule has 4 nitrogen and oxygen atoms in total. The van der Waals surface area contributed by atoms with E-state index in [4.69, 9.17) is 4.74 Å². The third kappa shape index (κ3) is 3.87. The molecule has 0 aromatic heterocycles. The van der Waals surface area contributed by atoms with Gasteiger partial charge in [0.1, 0.15) is 0 Å². The van der Waals surface area contributed by atoms with Crippen molar-refractivity contribution in [1.29, 1.82) is 0 Å². The molecule has 1 atom stereocenters. The minimum absolute atomic E-state index is 0.259. The second kappa shape index (κ2) is 7.25. The summed E-state index contributed by atoms with van der Waals surface area (Å²) in [6.45, 7) is 7.61. The Morgan fingerprint density at radius 3 is 2.95 bits per heavy atom. The topological polar surface area (TPSA) is 32.8 Å². The summed E-state index contributed by atoms with van der Waals surface area (Å²) in [7, 11) is 0. The molecule has 120 valence electrons. The summed E-state index contributed by atoms with van der Waals surface area (Å²) in [4.78, 5) is 17.1. The van der Waals surface area contributed by atoms with E-state index in [1.807, 2.05) is 17.0 Å². The fraction of sp³-hybridized carbons (Fsp3) is 0.611. The van der Waals surface area contributed by atoms with E-state index >= 15 is 0 Å². The van der Waals surface area contributed by atoms with E-state index in [9.17, 15) is 4.79 Å². The summed E-state index contributed by atoms with van der Waals surface area (Å²) < 4.78 is 5.49. The summed E-state index contributed by atoms with van der Waals surface area (Å²) in [6.07, 6.45) is 2.72. The second-order valence-corrected chi connectivity index (χ2v) is 6.45. The molecule has 3 rings (SSSR count). The molecule has 22 heavy (non-hydrogen) atoms. The van der Waals surface area contributed by atoms with Gasteiger partial charge in [0.05, 0.1) is 13.0 Å². The van der Waals surface area contributed by atoms with Crippen molar-refractivity contribution >= 4 is 5.91 Å². The van der Waals surface area contributed by atoms with Crippen molar-refractivity contribution in [3.8, 4) is 0 Å². The molecule has 1 amide bonds. The monoisotopic (exact) mass is 302 g/mol. The zero-order valence-electron chi connectivity index (χ0n) is 13.5. The molecule has 1 aromatic carbocycles. The average Bonchev–Trinajstić information content (AvgIpc) is 2.92. The van der Waals surface area contributed by atoms with Gasteiger partial charge in [-0.25, -0.2) is 0 Å². The number of hydrogen-bond acceptors (Lipinski definition) is 3. The van der Waals surface area contributed by atoms with Gasteiger partial charge in [-0.1, -0.05) is 29.8 Å². The molecule has 0 aliphatic carbocycles. The number of hydrogen-bond donors (Lipinski definition) is 0. The summed E-state index contributed by atoms with van der Waals surface area (Å²) in [5.41, 5.74) is 2.34. The highest BCUT2D eigenvalue weighted by molar-refractivity contribution is 5.78. The van der Waals surface area contributed by atoms with Crippen molar-refractivity contribution in [3.05, 3.63) is 35.4 Å². The maximum atomic E-state index is 12.5. The highest BCUT2D eigenvalue weighted by Crippen LogP contribution is 2.16. The lowest BCUT2D eigenvalue weighted by Crippen LogP contribution is -2.40. The smallest absolute Gasteiger partial charge is 0.227 e. The Balaban J connectivity index is 1.54. The van der Waals surface area contributed by atoms with Crippen LogP contribution in [-0.4, -0.2) is 61.1 Å². The summed E-state index contributed by atoms with van der Waals surface area (Å²) in [5.74, 6) is 0.259. The van der Waals surface area contributed by atoms with Gasteiger partial charge in [-0.05, 0) is 25.3 Å². The number of nitrogens with zero attached hydrogens (tertiary/aromatic N) is 2. The summed E-state index contributed by atoms with van der Waals surface area (Å²) >= 11 is 0. The Morgan fingerprint density at radius 2 is 2.18 bits per heavy atom. The van der Waals surface area contributed by atoms with E-state index in [-0.39, 0.29) is 5.91 Å². The number of ether oxygens (including phenoxy) is 1. The van der Waals surface area contributed by atoms with E-state index in [0.29, 0.717) is 12.5 Å². The Bertz CT molecular complexity index is 512. The van der Waals surface area contributed by atoms with Gasteiger partial charge in [-0.3, -0.25) is 9.69 Å². The van der Waals surface area contributed by atoms with Crippen LogP contribution >= 0.6 is 0 Å². The fourth-order valence-corrected chi connectivity index (χ4v) is 3.47. The van der Waals surface area contributed by atoms with Gasteiger partial charge in [-0.15, -0.1) is 0 Å². The van der Waals surface area contributed by atoms with Crippen LogP contribution in [0.1, 0.15) is 24.0 Å². The van der Waals surface area contributed by atoms with Crippen LogP contribution in [-0.2, 0) is 16.0 Å². The maximum absolute atomic E-state index is 12.5. The van der Waals surface area contributed by atoms with E-state index in [1.165, 1.54) is 5.56 Å². The molecule has 2 saturated heterocycles. The molecule has 0 saturated carbocycles. The maximum Gasteiger partial charge on any atom is 0.227 e. The van der Waals surface area contributed by atoms with Crippen LogP contribution in [0.5, 0.6) is 0 Å². The minimum atomic E-state index is 0.259. The van der Waals surface area contributed by atoms with Crippen LogP contribution in [0.25, 0.3) is 0 Å². The first-order valence-electron chi connectivity index (χ1n) is 8.37.